The fourth-order valence-electron chi connectivity index (χ4n) is 6.29. The van der Waals surface area contributed by atoms with Gasteiger partial charge in [-0.25, -0.2) is 10.3 Å². The van der Waals surface area contributed by atoms with Gasteiger partial charge in [0.25, 0.3) is 5.91 Å². The number of hydroxylamine groups is 1. The molecule has 0 aliphatic rings. The van der Waals surface area contributed by atoms with Gasteiger partial charge in [0.15, 0.2) is 8.32 Å². The highest BCUT2D eigenvalue weighted by atomic mass is 28.4. The average Bonchev–Trinajstić information content (AvgIpc) is 3.20. The second kappa shape index (κ2) is 20.5. The first-order valence-corrected chi connectivity index (χ1v) is 21.0. The molecule has 370 valence electrons. The first kappa shape index (κ1) is 56.6. The van der Waals surface area contributed by atoms with Gasteiger partial charge in [-0.05, 0) is 59.1 Å². The predicted octanol–water partition coefficient (Wildman–Crippen LogP) is 12.2. The van der Waals surface area contributed by atoms with Crippen LogP contribution >= 0.6 is 0 Å². The first-order valence-electron chi connectivity index (χ1n) is 18.8. The number of halogens is 17. The number of benzene rings is 2. The van der Waals surface area contributed by atoms with Crippen LogP contribution in [0, 0.1) is 5.92 Å². The van der Waals surface area contributed by atoms with Crippen molar-refractivity contribution in [3.8, 4) is 11.5 Å². The lowest BCUT2D eigenvalue weighted by atomic mass is 9.88. The smallest absolute Gasteiger partial charge is 0.460 e. The van der Waals surface area contributed by atoms with E-state index in [4.69, 9.17) is 23.8 Å². The number of anilines is 1. The molecule has 65 heavy (non-hydrogen) atoms. The lowest BCUT2D eigenvalue weighted by molar-refractivity contribution is -0.461. The van der Waals surface area contributed by atoms with Crippen molar-refractivity contribution in [3.05, 3.63) is 66.2 Å². The van der Waals surface area contributed by atoms with Crippen molar-refractivity contribution in [2.75, 3.05) is 25.6 Å². The Labute approximate surface area is 360 Å². The molecule has 0 bridgehead atoms. The molecule has 0 aromatic heterocycles. The highest BCUT2D eigenvalue weighted by Crippen LogP contribution is 2.64. The fraction of sp³-hybridized carbons (Fsp3) is 0.579. The van der Waals surface area contributed by atoms with E-state index in [0.29, 0.717) is 17.0 Å². The summed E-state index contributed by atoms with van der Waals surface area (Å²) in [5.74, 6) is -58.0. The number of carbonyl (C=O) groups is 2. The predicted molar refractivity (Wildman–Crippen MR) is 198 cm³/mol. The van der Waals surface area contributed by atoms with E-state index in [9.17, 15) is 84.2 Å². The van der Waals surface area contributed by atoms with Crippen LogP contribution in [0.3, 0.4) is 0 Å². The lowest BCUT2D eigenvalue weighted by Gasteiger charge is -2.44. The molecule has 0 saturated heterocycles. The fourth-order valence-corrected chi connectivity index (χ4v) is 10.8. The Kier molecular flexibility index (Phi) is 17.9. The summed E-state index contributed by atoms with van der Waals surface area (Å²) in [6, 6.07) is 10.3. The van der Waals surface area contributed by atoms with Crippen molar-refractivity contribution < 1.29 is 108 Å². The quantitative estimate of drug-likeness (QED) is 0.0254. The van der Waals surface area contributed by atoms with Gasteiger partial charge in [-0.3, -0.25) is 15.3 Å². The number of carbonyl (C=O) groups excluding carboxylic acids is 2. The first-order chi connectivity index (χ1) is 29.5. The molecule has 27 heteroatoms. The maximum Gasteiger partial charge on any atom is 0.460 e. The summed E-state index contributed by atoms with van der Waals surface area (Å²) in [7, 11) is -2.60. The molecule has 2 atom stereocenters. The van der Waals surface area contributed by atoms with Crippen molar-refractivity contribution >= 4 is 26.0 Å². The highest BCUT2D eigenvalue weighted by molar-refractivity contribution is 6.76. The van der Waals surface area contributed by atoms with Crippen molar-refractivity contribution in [3.63, 3.8) is 0 Å². The zero-order valence-corrected chi connectivity index (χ0v) is 35.7. The van der Waals surface area contributed by atoms with Crippen molar-refractivity contribution in [2.45, 2.75) is 112 Å². The van der Waals surface area contributed by atoms with Crippen LogP contribution in [0.1, 0.15) is 52.7 Å². The minimum absolute atomic E-state index is 0.0766. The summed E-state index contributed by atoms with van der Waals surface area (Å²) in [5.41, 5.74) is 0.229. The third-order valence-corrected chi connectivity index (χ3v) is 15.9. The summed E-state index contributed by atoms with van der Waals surface area (Å²) in [4.78, 5) is 24.4. The van der Waals surface area contributed by atoms with Crippen LogP contribution in [0.25, 0.3) is 0 Å². The minimum Gasteiger partial charge on any atom is -0.497 e. The maximum atomic E-state index is 15.0. The molecular weight excluding hydrogens is 947 g/mol. The van der Waals surface area contributed by atoms with E-state index in [0.717, 1.165) is 6.08 Å². The molecule has 3 N–H and O–H groups in total. The maximum absolute atomic E-state index is 15.0. The molecule has 0 fully saturated rings. The summed E-state index contributed by atoms with van der Waals surface area (Å²) in [6.45, 7) is 5.76. The second-order valence-electron chi connectivity index (χ2n) is 15.1. The average molecular weight is 991 g/mol. The number of nitrogens with one attached hydrogen (secondary N) is 2. The van der Waals surface area contributed by atoms with Gasteiger partial charge >= 0.3 is 53.7 Å². The van der Waals surface area contributed by atoms with Gasteiger partial charge in [0.05, 0.1) is 13.7 Å². The van der Waals surface area contributed by atoms with Gasteiger partial charge in [-0.2, -0.15) is 74.6 Å². The second-order valence-corrected chi connectivity index (χ2v) is 20.1. The van der Waals surface area contributed by atoms with E-state index in [2.05, 4.69) is 5.32 Å². The molecule has 0 aliphatic heterocycles. The topological polar surface area (TPSA) is 115 Å². The van der Waals surface area contributed by atoms with E-state index in [1.807, 2.05) is 0 Å². The van der Waals surface area contributed by atoms with E-state index >= 15 is 0 Å². The molecule has 0 heterocycles. The Morgan fingerprint density at radius 2 is 1.12 bits per heavy atom. The lowest BCUT2D eigenvalue weighted by Crippen LogP contribution is -2.74. The monoisotopic (exact) mass is 990 g/mol. The molecule has 2 aromatic rings. The van der Waals surface area contributed by atoms with E-state index in [1.54, 1.807) is 19.1 Å². The molecule has 0 unspecified atom stereocenters. The summed E-state index contributed by atoms with van der Waals surface area (Å²) >= 11 is 0. The van der Waals surface area contributed by atoms with Gasteiger partial charge < -0.3 is 18.6 Å². The van der Waals surface area contributed by atoms with Crippen LogP contribution in [0.15, 0.2) is 60.7 Å². The Hall–Kier alpha value is -4.53. The molecule has 0 aliphatic carbocycles. The largest absolute Gasteiger partial charge is 0.497 e. The van der Waals surface area contributed by atoms with Gasteiger partial charge in [-0.15, -0.1) is 0 Å². The minimum atomic E-state index is -8.71. The molecule has 9 nitrogen and oxygen atoms in total. The molecule has 0 saturated carbocycles. The van der Waals surface area contributed by atoms with E-state index < -0.39 is 117 Å². The Balaban J connectivity index is 2.29. The van der Waals surface area contributed by atoms with Crippen LogP contribution in [-0.4, -0.2) is 93.5 Å². The van der Waals surface area contributed by atoms with Crippen LogP contribution in [0.5, 0.6) is 11.5 Å². The van der Waals surface area contributed by atoms with E-state index in [1.165, 1.54) is 82.8 Å². The van der Waals surface area contributed by atoms with Crippen molar-refractivity contribution in [1.29, 1.82) is 0 Å². The molecule has 2 rings (SSSR count). The van der Waals surface area contributed by atoms with Gasteiger partial charge in [0.2, 0.25) is 0 Å². The summed E-state index contributed by atoms with van der Waals surface area (Å²) in [6.07, 6.45) is -10.2. The molecular formula is C38H43F17N2O7Si. The molecule has 2 aromatic carbocycles. The van der Waals surface area contributed by atoms with E-state index in [-0.39, 0.29) is 5.75 Å². The van der Waals surface area contributed by atoms with Gasteiger partial charge in [0, 0.05) is 24.1 Å². The summed E-state index contributed by atoms with van der Waals surface area (Å²) < 4.78 is 258. The standard InChI is InChI=1S/C38H43F17N2O7Si/c1-21(2)65(22(3)4,20-17-31(39,40)32(41,42)33(43,44)34(45,46)35(47,48)36(49,50)37(51,52)38(53,54)55)63-19-18-62-27-12-8-24(9-13-27)29(23(5)7-16-28(58)57-60)64-30(59)56-25-10-14-26(61-6)15-11-25/h7-16,21-23,29,60H,17-20H2,1-6H3,(H,56,59)(H,57,58)/b16-7+/t23-,29+/m0/s1. The zero-order valence-electron chi connectivity index (χ0n) is 34.7. The zero-order chi connectivity index (χ0) is 50.4. The molecule has 0 spiro atoms. The van der Waals surface area contributed by atoms with Crippen LogP contribution in [-0.2, 0) is 14.0 Å². The normalized spacial score (nSPS) is 15.0. The Bertz CT molecular complexity index is 1910. The Morgan fingerprint density at radius 3 is 1.57 bits per heavy atom. The number of alkyl halides is 17. The SMILES string of the molecule is COc1ccc(NC(=O)O[C@@H](c2ccc(OCCO[Si](CCC(F)(F)C(F)(F)C(F)(F)C(F)(F)C(F)(F)C(F)(F)C(F)(F)C(F)(F)F)(C(C)C)C(C)C)cc2)[C@@H](C)/C=C/C(=O)NO)cc1. The Morgan fingerprint density at radius 1 is 0.662 bits per heavy atom. The molecule has 0 radical (unpaired) electrons. The number of methoxy groups -OCH3 is 1. The third-order valence-electron chi connectivity index (χ3n) is 10.2. The molecule has 2 amide bonds. The van der Waals surface area contributed by atoms with Gasteiger partial charge in [-0.1, -0.05) is 52.8 Å². The van der Waals surface area contributed by atoms with Gasteiger partial charge in [0.1, 0.15) is 24.2 Å². The van der Waals surface area contributed by atoms with Crippen molar-refractivity contribution in [2.24, 2.45) is 5.92 Å². The highest BCUT2D eigenvalue weighted by Gasteiger charge is 2.95. The van der Waals surface area contributed by atoms with Crippen LogP contribution in [0.2, 0.25) is 17.1 Å². The number of hydrogen-bond donors (Lipinski definition) is 3. The van der Waals surface area contributed by atoms with Crippen LogP contribution < -0.4 is 20.3 Å². The number of ether oxygens (including phenoxy) is 3. The third kappa shape index (κ3) is 11.5. The van der Waals surface area contributed by atoms with Crippen molar-refractivity contribution in [1.82, 2.24) is 5.48 Å². The number of amides is 2. The summed E-state index contributed by atoms with van der Waals surface area (Å²) in [5, 5.41) is 11.3. The number of hydrogen-bond acceptors (Lipinski definition) is 7. The number of rotatable bonds is 23. The van der Waals surface area contributed by atoms with Crippen LogP contribution in [0.4, 0.5) is 85.1 Å².